The maximum absolute atomic E-state index is 12.5. The number of rotatable bonds is 5. The standard InChI is InChI=1S/C16H19ClN6O2.C2HF3O2/c1-18-10-3-4-13(19-7-10)15(24)23-6-5-11(9-23)21-16-20-8-12(17)14(22-16)25-2;3-2(4,5)1(6)7/h3-4,7-8,11,18H,5-6,9H2,1-2H3,(H,20,21,22);(H,6,7)/t11-;/m1./s1. The van der Waals surface area contributed by atoms with Crippen LogP contribution in [0.2, 0.25) is 5.02 Å². The van der Waals surface area contributed by atoms with E-state index in [1.54, 1.807) is 17.2 Å². The van der Waals surface area contributed by atoms with Crippen LogP contribution < -0.4 is 15.4 Å². The third-order valence-electron chi connectivity index (χ3n) is 4.23. The van der Waals surface area contributed by atoms with E-state index in [9.17, 15) is 18.0 Å². The summed E-state index contributed by atoms with van der Waals surface area (Å²) in [7, 11) is 3.31. The van der Waals surface area contributed by atoms with Gasteiger partial charge in [0.2, 0.25) is 11.8 Å². The number of halogens is 4. The summed E-state index contributed by atoms with van der Waals surface area (Å²) >= 11 is 5.93. The molecule has 1 aliphatic heterocycles. The number of nitrogens with one attached hydrogen (secondary N) is 2. The first-order valence-electron chi connectivity index (χ1n) is 9.11. The van der Waals surface area contributed by atoms with Crippen molar-refractivity contribution in [3.8, 4) is 5.88 Å². The van der Waals surface area contributed by atoms with Crippen molar-refractivity contribution in [1.82, 2.24) is 19.9 Å². The Hall–Kier alpha value is -3.35. The molecule has 0 radical (unpaired) electrons. The minimum absolute atomic E-state index is 0.0615. The van der Waals surface area contributed by atoms with E-state index in [1.807, 2.05) is 13.1 Å². The summed E-state index contributed by atoms with van der Waals surface area (Å²) in [6, 6.07) is 3.62. The minimum atomic E-state index is -5.08. The Morgan fingerprint density at radius 1 is 1.28 bits per heavy atom. The molecule has 0 unspecified atom stereocenters. The molecule has 3 N–H and O–H groups in total. The van der Waals surface area contributed by atoms with Gasteiger partial charge >= 0.3 is 12.1 Å². The van der Waals surface area contributed by atoms with E-state index in [2.05, 4.69) is 25.6 Å². The first-order valence-corrected chi connectivity index (χ1v) is 9.49. The largest absolute Gasteiger partial charge is 0.490 e. The number of aromatic nitrogens is 3. The van der Waals surface area contributed by atoms with Gasteiger partial charge in [-0.25, -0.2) is 14.8 Å². The Labute approximate surface area is 185 Å². The number of alkyl halides is 3. The number of amides is 1. The molecule has 32 heavy (non-hydrogen) atoms. The normalized spacial score (nSPS) is 15.4. The van der Waals surface area contributed by atoms with Crippen LogP contribution >= 0.6 is 11.6 Å². The zero-order valence-electron chi connectivity index (χ0n) is 17.0. The fraction of sp³-hybridized carbons (Fsp3) is 0.389. The van der Waals surface area contributed by atoms with Gasteiger partial charge in [-0.1, -0.05) is 11.6 Å². The molecule has 10 nitrogen and oxygen atoms in total. The van der Waals surface area contributed by atoms with Gasteiger partial charge in [0.15, 0.2) is 0 Å². The van der Waals surface area contributed by atoms with Crippen LogP contribution in [0.3, 0.4) is 0 Å². The lowest BCUT2D eigenvalue weighted by Gasteiger charge is -2.17. The number of carbonyl (C=O) groups is 2. The molecule has 1 aliphatic rings. The van der Waals surface area contributed by atoms with Gasteiger partial charge in [-0.15, -0.1) is 0 Å². The molecule has 2 aromatic rings. The number of aliphatic carboxylic acids is 1. The van der Waals surface area contributed by atoms with Crippen molar-refractivity contribution in [2.75, 3.05) is 37.9 Å². The highest BCUT2D eigenvalue weighted by molar-refractivity contribution is 6.31. The second-order valence-corrected chi connectivity index (χ2v) is 6.82. The Bertz CT molecular complexity index is 945. The van der Waals surface area contributed by atoms with E-state index in [0.29, 0.717) is 35.6 Å². The number of hydrogen-bond acceptors (Lipinski definition) is 8. The van der Waals surface area contributed by atoms with Gasteiger partial charge in [-0.2, -0.15) is 18.2 Å². The third kappa shape index (κ3) is 6.83. The summed E-state index contributed by atoms with van der Waals surface area (Å²) in [5, 5.41) is 13.7. The smallest absolute Gasteiger partial charge is 0.480 e. The molecule has 174 valence electrons. The predicted octanol–water partition coefficient (Wildman–Crippen LogP) is 2.54. The Morgan fingerprint density at radius 2 is 1.97 bits per heavy atom. The summed E-state index contributed by atoms with van der Waals surface area (Å²) < 4.78 is 36.8. The minimum Gasteiger partial charge on any atom is -0.480 e. The number of nitrogens with zero attached hydrogens (tertiary/aromatic N) is 4. The molecule has 0 aromatic carbocycles. The average molecular weight is 477 g/mol. The lowest BCUT2D eigenvalue weighted by molar-refractivity contribution is -0.192. The molecule has 3 rings (SSSR count). The number of carbonyl (C=O) groups excluding carboxylic acids is 1. The zero-order chi connectivity index (χ0) is 23.9. The number of ether oxygens (including phenoxy) is 1. The van der Waals surface area contributed by atoms with Gasteiger partial charge < -0.3 is 25.4 Å². The molecule has 14 heteroatoms. The number of hydrogen-bond donors (Lipinski definition) is 3. The average Bonchev–Trinajstić information content (AvgIpc) is 3.23. The van der Waals surface area contributed by atoms with Crippen molar-refractivity contribution in [1.29, 1.82) is 0 Å². The second kappa shape index (κ2) is 10.8. The number of pyridine rings is 1. The van der Waals surface area contributed by atoms with Crippen LogP contribution in [-0.4, -0.2) is 76.3 Å². The van der Waals surface area contributed by atoms with Crippen LogP contribution in [0.15, 0.2) is 24.5 Å². The highest BCUT2D eigenvalue weighted by Crippen LogP contribution is 2.23. The highest BCUT2D eigenvalue weighted by atomic mass is 35.5. The first-order chi connectivity index (χ1) is 15.0. The Kier molecular flexibility index (Phi) is 8.41. The molecule has 0 saturated carbocycles. The van der Waals surface area contributed by atoms with E-state index in [4.69, 9.17) is 26.2 Å². The van der Waals surface area contributed by atoms with E-state index in [-0.39, 0.29) is 11.9 Å². The van der Waals surface area contributed by atoms with Crippen molar-refractivity contribution in [3.05, 3.63) is 35.2 Å². The number of anilines is 2. The van der Waals surface area contributed by atoms with Gasteiger partial charge in [-0.05, 0) is 18.6 Å². The number of methoxy groups -OCH3 is 1. The van der Waals surface area contributed by atoms with Crippen molar-refractivity contribution in [3.63, 3.8) is 0 Å². The van der Waals surface area contributed by atoms with Crippen molar-refractivity contribution in [2.24, 2.45) is 0 Å². The van der Waals surface area contributed by atoms with Crippen LogP contribution in [-0.2, 0) is 4.79 Å². The summed E-state index contributed by atoms with van der Waals surface area (Å²) in [5.41, 5.74) is 1.30. The van der Waals surface area contributed by atoms with Crippen molar-refractivity contribution < 1.29 is 32.6 Å². The topological polar surface area (TPSA) is 130 Å². The number of carboxylic acid groups (broad SMARTS) is 1. The summed E-state index contributed by atoms with van der Waals surface area (Å²) in [6.07, 6.45) is -1.15. The third-order valence-corrected chi connectivity index (χ3v) is 4.49. The highest BCUT2D eigenvalue weighted by Gasteiger charge is 2.38. The van der Waals surface area contributed by atoms with Crippen LogP contribution in [0.4, 0.5) is 24.8 Å². The quantitative estimate of drug-likeness (QED) is 0.596. The molecule has 0 bridgehead atoms. The maximum Gasteiger partial charge on any atom is 0.490 e. The molecule has 1 fully saturated rings. The lowest BCUT2D eigenvalue weighted by Crippen LogP contribution is -2.32. The van der Waals surface area contributed by atoms with Gasteiger partial charge in [-0.3, -0.25) is 4.79 Å². The van der Waals surface area contributed by atoms with Gasteiger partial charge in [0.1, 0.15) is 10.7 Å². The van der Waals surface area contributed by atoms with Crippen LogP contribution in [0, 0.1) is 0 Å². The van der Waals surface area contributed by atoms with Crippen LogP contribution in [0.25, 0.3) is 0 Å². The fourth-order valence-corrected chi connectivity index (χ4v) is 2.81. The van der Waals surface area contributed by atoms with Gasteiger partial charge in [0, 0.05) is 26.2 Å². The summed E-state index contributed by atoms with van der Waals surface area (Å²) in [5.74, 6) is -2.09. The molecule has 1 amide bonds. The monoisotopic (exact) mass is 476 g/mol. The fourth-order valence-electron chi connectivity index (χ4n) is 2.64. The van der Waals surface area contributed by atoms with Crippen molar-refractivity contribution >= 4 is 35.1 Å². The first kappa shape index (κ1) is 24.9. The lowest BCUT2D eigenvalue weighted by atomic mass is 10.3. The van der Waals surface area contributed by atoms with E-state index in [0.717, 1.165) is 12.1 Å². The zero-order valence-corrected chi connectivity index (χ0v) is 17.7. The maximum atomic E-state index is 12.5. The van der Waals surface area contributed by atoms with Crippen LogP contribution in [0.5, 0.6) is 5.88 Å². The molecular formula is C18H20ClF3N6O4. The van der Waals surface area contributed by atoms with Crippen LogP contribution in [0.1, 0.15) is 16.9 Å². The van der Waals surface area contributed by atoms with E-state index >= 15 is 0 Å². The molecule has 0 aliphatic carbocycles. The van der Waals surface area contributed by atoms with E-state index in [1.165, 1.54) is 13.3 Å². The molecule has 3 heterocycles. The van der Waals surface area contributed by atoms with Crippen molar-refractivity contribution in [2.45, 2.75) is 18.6 Å². The number of carboxylic acids is 1. The van der Waals surface area contributed by atoms with E-state index < -0.39 is 12.1 Å². The Balaban J connectivity index is 0.000000451. The number of likely N-dealkylation sites (tertiary alicyclic amines) is 1. The molecule has 1 atom stereocenters. The Morgan fingerprint density at radius 3 is 2.50 bits per heavy atom. The molecule has 0 spiro atoms. The molecule has 2 aromatic heterocycles. The molecular weight excluding hydrogens is 457 g/mol. The van der Waals surface area contributed by atoms with Gasteiger partial charge in [0.05, 0.1) is 25.2 Å². The van der Waals surface area contributed by atoms with Gasteiger partial charge in [0.25, 0.3) is 5.91 Å². The second-order valence-electron chi connectivity index (χ2n) is 6.42. The summed E-state index contributed by atoms with van der Waals surface area (Å²) in [6.45, 7) is 1.21. The SMILES string of the molecule is CNc1ccc(C(=O)N2CC[C@@H](Nc3ncc(Cl)c(OC)n3)C2)nc1.O=C(O)C(F)(F)F. The summed E-state index contributed by atoms with van der Waals surface area (Å²) in [4.78, 5) is 35.8. The predicted molar refractivity (Wildman–Crippen MR) is 109 cm³/mol. The molecule has 1 saturated heterocycles.